The van der Waals surface area contributed by atoms with Crippen molar-refractivity contribution in [1.29, 1.82) is 0 Å². The minimum Gasteiger partial charge on any atom is -0.357 e. The standard InChI is InChI=1S/C17H28BrN3OS/c1-6-19-16(20-11-12-23(22)17(3,4)5)21-13(2)14-9-7-8-10-15(14)18/h7-10,13H,6,11-12H2,1-5H3,(H2,19,20,21). The minimum absolute atomic E-state index is 0.122. The predicted molar refractivity (Wildman–Crippen MR) is 104 cm³/mol. The Kier molecular flexibility index (Phi) is 8.26. The normalized spacial score (nSPS) is 15.1. The molecule has 0 aliphatic carbocycles. The lowest BCUT2D eigenvalue weighted by Gasteiger charge is -2.20. The van der Waals surface area contributed by atoms with Crippen molar-refractivity contribution in [3.8, 4) is 0 Å². The fourth-order valence-electron chi connectivity index (χ4n) is 1.98. The first-order valence-electron chi connectivity index (χ1n) is 7.93. The number of hydrogen-bond acceptors (Lipinski definition) is 2. The van der Waals surface area contributed by atoms with Gasteiger partial charge < -0.3 is 10.6 Å². The van der Waals surface area contributed by atoms with Crippen LogP contribution < -0.4 is 10.6 Å². The highest BCUT2D eigenvalue weighted by Crippen LogP contribution is 2.22. The largest absolute Gasteiger partial charge is 0.357 e. The Balaban J connectivity index is 2.69. The molecule has 0 saturated heterocycles. The van der Waals surface area contributed by atoms with Crippen molar-refractivity contribution in [2.24, 2.45) is 4.99 Å². The highest BCUT2D eigenvalue weighted by molar-refractivity contribution is 9.10. The lowest BCUT2D eigenvalue weighted by molar-refractivity contribution is 0.648. The highest BCUT2D eigenvalue weighted by Gasteiger charge is 2.18. The van der Waals surface area contributed by atoms with E-state index in [0.717, 1.165) is 17.0 Å². The van der Waals surface area contributed by atoms with E-state index in [9.17, 15) is 4.21 Å². The van der Waals surface area contributed by atoms with Gasteiger partial charge in [0.2, 0.25) is 0 Å². The van der Waals surface area contributed by atoms with Gasteiger partial charge >= 0.3 is 0 Å². The zero-order valence-corrected chi connectivity index (χ0v) is 17.1. The van der Waals surface area contributed by atoms with Crippen LogP contribution >= 0.6 is 15.9 Å². The third kappa shape index (κ3) is 7.04. The maximum atomic E-state index is 12.1. The molecule has 2 unspecified atom stereocenters. The average molecular weight is 402 g/mol. The van der Waals surface area contributed by atoms with E-state index in [1.807, 2.05) is 45.9 Å². The Morgan fingerprint density at radius 3 is 2.57 bits per heavy atom. The molecule has 0 amide bonds. The van der Waals surface area contributed by atoms with Crippen LogP contribution in [0.4, 0.5) is 0 Å². The van der Waals surface area contributed by atoms with E-state index in [1.54, 1.807) is 0 Å². The molecule has 2 N–H and O–H groups in total. The average Bonchev–Trinajstić information content (AvgIpc) is 2.46. The third-order valence-corrected chi connectivity index (χ3v) is 5.94. The molecule has 0 spiro atoms. The fraction of sp³-hybridized carbons (Fsp3) is 0.588. The van der Waals surface area contributed by atoms with Crippen LogP contribution in [0.1, 0.15) is 46.2 Å². The third-order valence-electron chi connectivity index (χ3n) is 3.30. The highest BCUT2D eigenvalue weighted by atomic mass is 79.9. The molecular weight excluding hydrogens is 374 g/mol. The summed E-state index contributed by atoms with van der Waals surface area (Å²) >= 11 is 3.58. The number of aliphatic imine (C=N–C) groups is 1. The van der Waals surface area contributed by atoms with Crippen LogP contribution in [0, 0.1) is 0 Å². The van der Waals surface area contributed by atoms with Crippen molar-refractivity contribution in [2.45, 2.75) is 45.4 Å². The summed E-state index contributed by atoms with van der Waals surface area (Å²) in [5.41, 5.74) is 1.18. The van der Waals surface area contributed by atoms with Crippen LogP contribution in [-0.4, -0.2) is 33.8 Å². The number of benzene rings is 1. The molecule has 130 valence electrons. The van der Waals surface area contributed by atoms with Crippen molar-refractivity contribution >= 4 is 32.7 Å². The summed E-state index contributed by atoms with van der Waals surface area (Å²) < 4.78 is 13.0. The second-order valence-electron chi connectivity index (χ2n) is 6.31. The summed E-state index contributed by atoms with van der Waals surface area (Å²) in [7, 11) is -0.880. The molecule has 0 saturated carbocycles. The van der Waals surface area contributed by atoms with Crippen LogP contribution in [0.25, 0.3) is 0 Å². The number of nitrogens with zero attached hydrogens (tertiary/aromatic N) is 1. The Morgan fingerprint density at radius 2 is 2.00 bits per heavy atom. The van der Waals surface area contributed by atoms with E-state index >= 15 is 0 Å². The molecule has 6 heteroatoms. The van der Waals surface area contributed by atoms with Gasteiger partial charge in [0.15, 0.2) is 5.96 Å². The maximum absolute atomic E-state index is 12.1. The second-order valence-corrected chi connectivity index (χ2v) is 9.49. The summed E-state index contributed by atoms with van der Waals surface area (Å²) in [5, 5.41) is 6.64. The van der Waals surface area contributed by atoms with Gasteiger partial charge in [0.1, 0.15) is 0 Å². The number of halogens is 1. The molecule has 1 aromatic carbocycles. The molecule has 2 atom stereocenters. The molecule has 0 aliphatic rings. The van der Waals surface area contributed by atoms with E-state index in [-0.39, 0.29) is 10.8 Å². The van der Waals surface area contributed by atoms with E-state index in [2.05, 4.69) is 44.5 Å². The summed E-state index contributed by atoms with van der Waals surface area (Å²) in [6.45, 7) is 11.4. The zero-order valence-electron chi connectivity index (χ0n) is 14.6. The van der Waals surface area contributed by atoms with Crippen LogP contribution in [-0.2, 0) is 10.8 Å². The smallest absolute Gasteiger partial charge is 0.191 e. The fourth-order valence-corrected chi connectivity index (χ4v) is 3.47. The predicted octanol–water partition coefficient (Wildman–Crippen LogP) is 3.61. The van der Waals surface area contributed by atoms with Crippen molar-refractivity contribution < 1.29 is 4.21 Å². The second kappa shape index (κ2) is 9.42. The first kappa shape index (κ1) is 20.2. The van der Waals surface area contributed by atoms with Crippen molar-refractivity contribution in [1.82, 2.24) is 10.6 Å². The molecule has 1 rings (SSSR count). The zero-order chi connectivity index (χ0) is 17.5. The molecule has 0 bridgehead atoms. The van der Waals surface area contributed by atoms with Crippen LogP contribution in [0.5, 0.6) is 0 Å². The van der Waals surface area contributed by atoms with Crippen molar-refractivity contribution in [3.63, 3.8) is 0 Å². The quantitative estimate of drug-likeness (QED) is 0.565. The van der Waals surface area contributed by atoms with Crippen molar-refractivity contribution in [2.75, 3.05) is 18.8 Å². The molecule has 0 heterocycles. The maximum Gasteiger partial charge on any atom is 0.191 e. The molecule has 0 aliphatic heterocycles. The van der Waals surface area contributed by atoms with Crippen LogP contribution in [0.3, 0.4) is 0 Å². The van der Waals surface area contributed by atoms with Crippen LogP contribution in [0.2, 0.25) is 0 Å². The van der Waals surface area contributed by atoms with Gasteiger partial charge in [0.25, 0.3) is 0 Å². The van der Waals surface area contributed by atoms with Crippen molar-refractivity contribution in [3.05, 3.63) is 34.3 Å². The van der Waals surface area contributed by atoms with Gasteiger partial charge in [-0.1, -0.05) is 34.1 Å². The van der Waals surface area contributed by atoms with Gasteiger partial charge in [-0.3, -0.25) is 9.20 Å². The van der Waals surface area contributed by atoms with Gasteiger partial charge in [0, 0.05) is 32.3 Å². The summed E-state index contributed by atoms with van der Waals surface area (Å²) in [6, 6.07) is 8.26. The molecule has 23 heavy (non-hydrogen) atoms. The monoisotopic (exact) mass is 401 g/mol. The van der Waals surface area contributed by atoms with Gasteiger partial charge in [-0.2, -0.15) is 0 Å². The summed E-state index contributed by atoms with van der Waals surface area (Å²) in [6.07, 6.45) is 0. The molecule has 1 aromatic rings. The first-order chi connectivity index (χ1) is 10.8. The minimum atomic E-state index is -0.880. The Labute approximate surface area is 151 Å². The van der Waals surface area contributed by atoms with Gasteiger partial charge in [-0.25, -0.2) is 0 Å². The van der Waals surface area contributed by atoms with E-state index in [4.69, 9.17) is 0 Å². The molecular formula is C17H28BrN3OS. The first-order valence-corrected chi connectivity index (χ1v) is 10.0. The Bertz CT molecular complexity index is 555. The number of rotatable bonds is 6. The lowest BCUT2D eigenvalue weighted by Crippen LogP contribution is -2.39. The summed E-state index contributed by atoms with van der Waals surface area (Å²) in [4.78, 5) is 4.55. The molecule has 0 radical (unpaired) electrons. The van der Waals surface area contributed by atoms with Gasteiger partial charge in [0.05, 0.1) is 12.6 Å². The number of nitrogens with one attached hydrogen (secondary N) is 2. The Morgan fingerprint density at radius 1 is 1.35 bits per heavy atom. The topological polar surface area (TPSA) is 53.5 Å². The number of guanidine groups is 1. The SMILES string of the molecule is CCNC(=NCCS(=O)C(C)(C)C)NC(C)c1ccccc1Br. The van der Waals surface area contributed by atoms with E-state index in [0.29, 0.717) is 12.3 Å². The van der Waals surface area contributed by atoms with Crippen LogP contribution in [0.15, 0.2) is 33.7 Å². The van der Waals surface area contributed by atoms with Gasteiger partial charge in [-0.15, -0.1) is 0 Å². The van der Waals surface area contributed by atoms with E-state index < -0.39 is 10.8 Å². The number of hydrogen-bond donors (Lipinski definition) is 2. The lowest BCUT2D eigenvalue weighted by atomic mass is 10.1. The summed E-state index contributed by atoms with van der Waals surface area (Å²) in [5.74, 6) is 1.32. The molecule has 0 fully saturated rings. The molecule has 0 aromatic heterocycles. The molecule has 4 nitrogen and oxygen atoms in total. The van der Waals surface area contributed by atoms with E-state index in [1.165, 1.54) is 5.56 Å². The Hall–Kier alpha value is -0.880. The van der Waals surface area contributed by atoms with Gasteiger partial charge in [-0.05, 0) is 46.2 Å².